The molecule has 1 aromatic carbocycles. The highest BCUT2D eigenvalue weighted by Crippen LogP contribution is 2.19. The maximum atomic E-state index is 4.34. The molecule has 3 rings (SSSR count). The number of guanidine groups is 1. The molecule has 6 heteroatoms. The lowest BCUT2D eigenvalue weighted by Gasteiger charge is -2.20. The lowest BCUT2D eigenvalue weighted by molar-refractivity contribution is 0.648. The maximum Gasteiger partial charge on any atom is 0.191 e. The van der Waals surface area contributed by atoms with Crippen LogP contribution in [0.3, 0.4) is 0 Å². The highest BCUT2D eigenvalue weighted by molar-refractivity contribution is 5.80. The van der Waals surface area contributed by atoms with Gasteiger partial charge in [0.05, 0.1) is 6.20 Å². The van der Waals surface area contributed by atoms with Crippen LogP contribution in [0.2, 0.25) is 0 Å². The molecule has 0 aliphatic carbocycles. The molecule has 0 bridgehead atoms. The number of para-hydroxylation sites is 1. The number of aliphatic imine (C=N–C) groups is 1. The molecule has 1 aromatic heterocycles. The Hall–Kier alpha value is -2.50. The van der Waals surface area contributed by atoms with Crippen molar-refractivity contribution in [1.29, 1.82) is 0 Å². The van der Waals surface area contributed by atoms with Gasteiger partial charge in [-0.05, 0) is 30.5 Å². The Balaban J connectivity index is 1.44. The predicted molar refractivity (Wildman–Crippen MR) is 98.5 cm³/mol. The SMILES string of the molecule is CN=C(NCCc1cnn(C)c1)NC1CCN(c2ccccc2)C1. The quantitative estimate of drug-likeness (QED) is 0.644. The molecule has 24 heavy (non-hydrogen) atoms. The second kappa shape index (κ2) is 7.86. The van der Waals surface area contributed by atoms with Gasteiger partial charge in [-0.1, -0.05) is 18.2 Å². The average molecular weight is 326 g/mol. The Kier molecular flexibility index (Phi) is 5.36. The Bertz CT molecular complexity index is 663. The van der Waals surface area contributed by atoms with Crippen molar-refractivity contribution < 1.29 is 0 Å². The summed E-state index contributed by atoms with van der Waals surface area (Å²) in [5, 5.41) is 11.1. The second-order valence-corrected chi connectivity index (χ2v) is 6.18. The van der Waals surface area contributed by atoms with E-state index in [2.05, 4.69) is 56.0 Å². The fourth-order valence-corrected chi connectivity index (χ4v) is 3.07. The summed E-state index contributed by atoms with van der Waals surface area (Å²) in [4.78, 5) is 6.76. The summed E-state index contributed by atoms with van der Waals surface area (Å²) >= 11 is 0. The van der Waals surface area contributed by atoms with Crippen LogP contribution < -0.4 is 15.5 Å². The van der Waals surface area contributed by atoms with Gasteiger partial charge < -0.3 is 15.5 Å². The molecule has 1 unspecified atom stereocenters. The number of aryl methyl sites for hydroxylation is 1. The fraction of sp³-hybridized carbons (Fsp3) is 0.444. The van der Waals surface area contributed by atoms with E-state index in [1.807, 2.05) is 31.2 Å². The molecule has 2 heterocycles. The lowest BCUT2D eigenvalue weighted by Crippen LogP contribution is -2.45. The van der Waals surface area contributed by atoms with Crippen molar-refractivity contribution in [2.45, 2.75) is 18.9 Å². The molecule has 6 nitrogen and oxygen atoms in total. The van der Waals surface area contributed by atoms with Crippen LogP contribution in [0.25, 0.3) is 0 Å². The van der Waals surface area contributed by atoms with Crippen LogP contribution in [0.5, 0.6) is 0 Å². The smallest absolute Gasteiger partial charge is 0.191 e. The van der Waals surface area contributed by atoms with Crippen LogP contribution in [0.15, 0.2) is 47.7 Å². The normalized spacial score (nSPS) is 18.0. The molecule has 1 saturated heterocycles. The maximum absolute atomic E-state index is 4.34. The number of nitrogens with one attached hydrogen (secondary N) is 2. The molecule has 0 spiro atoms. The van der Waals surface area contributed by atoms with E-state index in [1.165, 1.54) is 11.3 Å². The molecule has 0 saturated carbocycles. The van der Waals surface area contributed by atoms with Crippen molar-refractivity contribution in [3.63, 3.8) is 0 Å². The van der Waals surface area contributed by atoms with Gasteiger partial charge in [-0.2, -0.15) is 5.10 Å². The number of nitrogens with zero attached hydrogens (tertiary/aromatic N) is 4. The van der Waals surface area contributed by atoms with E-state index in [-0.39, 0.29) is 0 Å². The predicted octanol–water partition coefficient (Wildman–Crippen LogP) is 1.41. The van der Waals surface area contributed by atoms with E-state index in [4.69, 9.17) is 0 Å². The molecule has 1 aliphatic rings. The first-order valence-corrected chi connectivity index (χ1v) is 8.49. The zero-order chi connectivity index (χ0) is 16.8. The van der Waals surface area contributed by atoms with Crippen LogP contribution in [0.1, 0.15) is 12.0 Å². The largest absolute Gasteiger partial charge is 0.369 e. The number of aromatic nitrogens is 2. The fourth-order valence-electron chi connectivity index (χ4n) is 3.07. The lowest BCUT2D eigenvalue weighted by atomic mass is 10.2. The van der Waals surface area contributed by atoms with E-state index < -0.39 is 0 Å². The van der Waals surface area contributed by atoms with Gasteiger partial charge in [-0.15, -0.1) is 0 Å². The van der Waals surface area contributed by atoms with Crippen molar-refractivity contribution in [3.8, 4) is 0 Å². The van der Waals surface area contributed by atoms with Gasteiger partial charge in [-0.3, -0.25) is 9.67 Å². The van der Waals surface area contributed by atoms with Crippen molar-refractivity contribution in [3.05, 3.63) is 48.3 Å². The topological polar surface area (TPSA) is 57.5 Å². The average Bonchev–Trinajstić information content (AvgIpc) is 3.24. The summed E-state index contributed by atoms with van der Waals surface area (Å²) in [6.45, 7) is 2.93. The molecule has 0 radical (unpaired) electrons. The van der Waals surface area contributed by atoms with Crippen LogP contribution in [0.4, 0.5) is 5.69 Å². The zero-order valence-corrected chi connectivity index (χ0v) is 14.4. The third kappa shape index (κ3) is 4.28. The van der Waals surface area contributed by atoms with Gasteiger partial charge in [0.25, 0.3) is 0 Å². The third-order valence-electron chi connectivity index (χ3n) is 4.34. The molecule has 128 valence electrons. The van der Waals surface area contributed by atoms with Crippen LogP contribution in [-0.2, 0) is 13.5 Å². The van der Waals surface area contributed by atoms with E-state index in [1.54, 1.807) is 0 Å². The Morgan fingerprint density at radius 1 is 1.33 bits per heavy atom. The molecular formula is C18H26N6. The van der Waals surface area contributed by atoms with E-state index in [9.17, 15) is 0 Å². The number of benzene rings is 1. The Morgan fingerprint density at radius 3 is 2.88 bits per heavy atom. The minimum absolute atomic E-state index is 0.426. The van der Waals surface area contributed by atoms with Crippen molar-refractivity contribution >= 4 is 11.6 Å². The van der Waals surface area contributed by atoms with Gasteiger partial charge in [0.1, 0.15) is 0 Å². The first-order valence-electron chi connectivity index (χ1n) is 8.49. The Morgan fingerprint density at radius 2 is 2.17 bits per heavy atom. The number of hydrogen-bond acceptors (Lipinski definition) is 3. The Labute approximate surface area is 143 Å². The van der Waals surface area contributed by atoms with Gasteiger partial charge in [0.15, 0.2) is 5.96 Å². The molecule has 2 aromatic rings. The molecular weight excluding hydrogens is 300 g/mol. The number of anilines is 1. The molecule has 2 N–H and O–H groups in total. The van der Waals surface area contributed by atoms with Gasteiger partial charge in [0.2, 0.25) is 0 Å². The van der Waals surface area contributed by atoms with E-state index in [0.717, 1.165) is 38.4 Å². The summed E-state index contributed by atoms with van der Waals surface area (Å²) in [7, 11) is 3.76. The van der Waals surface area contributed by atoms with Crippen LogP contribution in [-0.4, -0.2) is 48.5 Å². The third-order valence-corrected chi connectivity index (χ3v) is 4.34. The highest BCUT2D eigenvalue weighted by atomic mass is 15.2. The molecule has 1 aliphatic heterocycles. The van der Waals surface area contributed by atoms with E-state index in [0.29, 0.717) is 6.04 Å². The first kappa shape index (κ1) is 16.4. The van der Waals surface area contributed by atoms with Gasteiger partial charge >= 0.3 is 0 Å². The summed E-state index contributed by atoms with van der Waals surface area (Å²) < 4.78 is 1.83. The van der Waals surface area contributed by atoms with Crippen molar-refractivity contribution in [1.82, 2.24) is 20.4 Å². The monoisotopic (exact) mass is 326 g/mol. The van der Waals surface area contributed by atoms with Crippen LogP contribution in [0, 0.1) is 0 Å². The first-order chi connectivity index (χ1) is 11.7. The van der Waals surface area contributed by atoms with Gasteiger partial charge in [0, 0.05) is 51.7 Å². The number of rotatable bonds is 5. The summed E-state index contributed by atoms with van der Waals surface area (Å²) in [5.74, 6) is 0.874. The van der Waals surface area contributed by atoms with Crippen molar-refractivity contribution in [2.75, 3.05) is 31.6 Å². The molecule has 1 atom stereocenters. The summed E-state index contributed by atoms with van der Waals surface area (Å²) in [6.07, 6.45) is 6.02. The summed E-state index contributed by atoms with van der Waals surface area (Å²) in [5.41, 5.74) is 2.53. The molecule has 1 fully saturated rings. The number of hydrogen-bond donors (Lipinski definition) is 2. The van der Waals surface area contributed by atoms with Crippen molar-refractivity contribution in [2.24, 2.45) is 12.0 Å². The minimum Gasteiger partial charge on any atom is -0.369 e. The minimum atomic E-state index is 0.426. The standard InChI is InChI=1S/C18H26N6/c1-19-18(20-10-8-15-12-21-23(2)13-15)22-16-9-11-24(14-16)17-6-4-3-5-7-17/h3-7,12-13,16H,8-11,14H2,1-2H3,(H2,19,20,22). The van der Waals surface area contributed by atoms with E-state index >= 15 is 0 Å². The molecule has 0 amide bonds. The zero-order valence-electron chi connectivity index (χ0n) is 14.4. The van der Waals surface area contributed by atoms with Crippen LogP contribution >= 0.6 is 0 Å². The highest BCUT2D eigenvalue weighted by Gasteiger charge is 2.23. The van der Waals surface area contributed by atoms with Gasteiger partial charge in [-0.25, -0.2) is 0 Å². The second-order valence-electron chi connectivity index (χ2n) is 6.18. The summed E-state index contributed by atoms with van der Waals surface area (Å²) in [6, 6.07) is 11.0.